The van der Waals surface area contributed by atoms with Gasteiger partial charge in [0.2, 0.25) is 0 Å². The summed E-state index contributed by atoms with van der Waals surface area (Å²) < 4.78 is 5.22. The number of aryl methyl sites for hydroxylation is 1. The third kappa shape index (κ3) is 1.87. The summed E-state index contributed by atoms with van der Waals surface area (Å²) in [5, 5.41) is 0.816. The van der Waals surface area contributed by atoms with E-state index >= 15 is 0 Å². The van der Waals surface area contributed by atoms with Crippen molar-refractivity contribution in [3.63, 3.8) is 0 Å². The molecular formula is C8H11BrO. The molecule has 0 fully saturated rings. The van der Waals surface area contributed by atoms with Gasteiger partial charge in [0.15, 0.2) is 0 Å². The van der Waals surface area contributed by atoms with Crippen molar-refractivity contribution in [3.05, 3.63) is 23.7 Å². The SMILES string of the molecule is CCCc1coc(CBr)c1. The largest absolute Gasteiger partial charge is 0.468 e. The number of rotatable bonds is 3. The molecule has 0 aliphatic carbocycles. The van der Waals surface area contributed by atoms with Crippen LogP contribution in [-0.2, 0) is 11.8 Å². The Bertz CT molecular complexity index is 193. The molecule has 0 aromatic carbocycles. The lowest BCUT2D eigenvalue weighted by molar-refractivity contribution is 0.529. The second-order valence-electron chi connectivity index (χ2n) is 2.30. The minimum absolute atomic E-state index is 0.816. The van der Waals surface area contributed by atoms with Crippen LogP contribution >= 0.6 is 15.9 Å². The molecule has 0 bridgehead atoms. The summed E-state index contributed by atoms with van der Waals surface area (Å²) in [6.07, 6.45) is 4.14. The van der Waals surface area contributed by atoms with Crippen LogP contribution in [-0.4, -0.2) is 0 Å². The van der Waals surface area contributed by atoms with E-state index in [0.29, 0.717) is 0 Å². The number of halogens is 1. The predicted molar refractivity (Wildman–Crippen MR) is 45.3 cm³/mol. The smallest absolute Gasteiger partial charge is 0.114 e. The van der Waals surface area contributed by atoms with Crippen LogP contribution in [0.25, 0.3) is 0 Å². The van der Waals surface area contributed by atoms with Crippen molar-refractivity contribution >= 4 is 15.9 Å². The van der Waals surface area contributed by atoms with Crippen molar-refractivity contribution < 1.29 is 4.42 Å². The van der Waals surface area contributed by atoms with E-state index in [4.69, 9.17) is 4.42 Å². The molecule has 1 aromatic rings. The van der Waals surface area contributed by atoms with E-state index in [0.717, 1.165) is 17.5 Å². The zero-order valence-electron chi connectivity index (χ0n) is 6.06. The Morgan fingerprint density at radius 1 is 1.60 bits per heavy atom. The van der Waals surface area contributed by atoms with E-state index in [1.54, 1.807) is 0 Å². The third-order valence-electron chi connectivity index (χ3n) is 1.38. The Hall–Kier alpha value is -0.240. The fraction of sp³-hybridized carbons (Fsp3) is 0.500. The van der Waals surface area contributed by atoms with E-state index in [1.807, 2.05) is 6.26 Å². The van der Waals surface area contributed by atoms with Crippen molar-refractivity contribution in [2.75, 3.05) is 0 Å². The fourth-order valence-electron chi connectivity index (χ4n) is 0.916. The van der Waals surface area contributed by atoms with E-state index < -0.39 is 0 Å². The first-order valence-corrected chi connectivity index (χ1v) is 4.61. The molecule has 1 rings (SSSR count). The summed E-state index contributed by atoms with van der Waals surface area (Å²) >= 11 is 3.33. The molecule has 0 radical (unpaired) electrons. The number of hydrogen-bond acceptors (Lipinski definition) is 1. The minimum atomic E-state index is 0.816. The monoisotopic (exact) mass is 202 g/mol. The average Bonchev–Trinajstić information content (AvgIpc) is 2.37. The quantitative estimate of drug-likeness (QED) is 0.688. The Morgan fingerprint density at radius 3 is 2.90 bits per heavy atom. The first kappa shape index (κ1) is 7.86. The van der Waals surface area contributed by atoms with Gasteiger partial charge in [-0.05, 0) is 18.1 Å². The molecule has 0 amide bonds. The molecule has 1 aromatic heterocycles. The second kappa shape index (κ2) is 3.81. The molecule has 1 heterocycles. The van der Waals surface area contributed by atoms with Crippen LogP contribution in [0, 0.1) is 0 Å². The molecule has 0 unspecified atom stereocenters. The molecule has 1 nitrogen and oxygen atoms in total. The van der Waals surface area contributed by atoms with E-state index in [9.17, 15) is 0 Å². The van der Waals surface area contributed by atoms with Crippen molar-refractivity contribution in [1.29, 1.82) is 0 Å². The molecule has 0 aliphatic rings. The first-order valence-electron chi connectivity index (χ1n) is 3.49. The van der Waals surface area contributed by atoms with Crippen LogP contribution in [0.2, 0.25) is 0 Å². The van der Waals surface area contributed by atoms with E-state index in [2.05, 4.69) is 28.9 Å². The molecule has 2 heteroatoms. The Kier molecular flexibility index (Phi) is 3.00. The highest BCUT2D eigenvalue weighted by Gasteiger charge is 1.97. The highest BCUT2D eigenvalue weighted by Crippen LogP contribution is 2.12. The van der Waals surface area contributed by atoms with Gasteiger partial charge in [-0.3, -0.25) is 0 Å². The summed E-state index contributed by atoms with van der Waals surface area (Å²) in [6, 6.07) is 2.10. The molecule has 10 heavy (non-hydrogen) atoms. The third-order valence-corrected chi connectivity index (χ3v) is 1.93. The van der Waals surface area contributed by atoms with Gasteiger partial charge in [0.05, 0.1) is 11.6 Å². The second-order valence-corrected chi connectivity index (χ2v) is 2.87. The lowest BCUT2D eigenvalue weighted by atomic mass is 10.2. The van der Waals surface area contributed by atoms with Crippen LogP contribution in [0.15, 0.2) is 16.7 Å². The lowest BCUT2D eigenvalue weighted by Crippen LogP contribution is -1.75. The summed E-state index contributed by atoms with van der Waals surface area (Å²) in [5.74, 6) is 1.02. The standard InChI is InChI=1S/C8H11BrO/c1-2-3-7-4-8(5-9)10-6-7/h4,6H,2-3,5H2,1H3. The van der Waals surface area contributed by atoms with Gasteiger partial charge in [0, 0.05) is 0 Å². The molecule has 0 saturated carbocycles. The zero-order chi connectivity index (χ0) is 7.40. The van der Waals surface area contributed by atoms with Crippen LogP contribution < -0.4 is 0 Å². The summed E-state index contributed by atoms with van der Waals surface area (Å²) in [7, 11) is 0. The Balaban J connectivity index is 2.59. The van der Waals surface area contributed by atoms with Crippen LogP contribution in [0.4, 0.5) is 0 Å². The fourth-order valence-corrected chi connectivity index (χ4v) is 1.21. The predicted octanol–water partition coefficient (Wildman–Crippen LogP) is 3.13. The first-order chi connectivity index (χ1) is 4.86. The topological polar surface area (TPSA) is 13.1 Å². The molecule has 0 spiro atoms. The highest BCUT2D eigenvalue weighted by molar-refractivity contribution is 9.08. The summed E-state index contributed by atoms with van der Waals surface area (Å²) in [5.41, 5.74) is 1.30. The summed E-state index contributed by atoms with van der Waals surface area (Å²) in [6.45, 7) is 2.17. The van der Waals surface area contributed by atoms with Gasteiger partial charge in [0.1, 0.15) is 5.76 Å². The number of alkyl halides is 1. The van der Waals surface area contributed by atoms with Crippen molar-refractivity contribution in [2.24, 2.45) is 0 Å². The van der Waals surface area contributed by atoms with Gasteiger partial charge in [-0.15, -0.1) is 0 Å². The molecule has 0 saturated heterocycles. The maximum Gasteiger partial charge on any atom is 0.114 e. The normalized spacial score (nSPS) is 10.2. The average molecular weight is 203 g/mol. The number of hydrogen-bond donors (Lipinski definition) is 0. The molecule has 0 aliphatic heterocycles. The summed E-state index contributed by atoms with van der Waals surface area (Å²) in [4.78, 5) is 0. The molecular weight excluding hydrogens is 192 g/mol. The van der Waals surface area contributed by atoms with Gasteiger partial charge in [-0.25, -0.2) is 0 Å². The lowest BCUT2D eigenvalue weighted by Gasteiger charge is -1.85. The Morgan fingerprint density at radius 2 is 2.40 bits per heavy atom. The van der Waals surface area contributed by atoms with Crippen molar-refractivity contribution in [2.45, 2.75) is 25.1 Å². The van der Waals surface area contributed by atoms with E-state index in [1.165, 1.54) is 12.0 Å². The number of furan rings is 1. The van der Waals surface area contributed by atoms with Crippen molar-refractivity contribution in [1.82, 2.24) is 0 Å². The van der Waals surface area contributed by atoms with Crippen LogP contribution in [0.1, 0.15) is 24.7 Å². The molecule has 56 valence electrons. The van der Waals surface area contributed by atoms with Gasteiger partial charge < -0.3 is 4.42 Å². The van der Waals surface area contributed by atoms with Crippen LogP contribution in [0.5, 0.6) is 0 Å². The van der Waals surface area contributed by atoms with E-state index in [-0.39, 0.29) is 0 Å². The minimum Gasteiger partial charge on any atom is -0.468 e. The van der Waals surface area contributed by atoms with Crippen molar-refractivity contribution in [3.8, 4) is 0 Å². The maximum absolute atomic E-state index is 5.22. The van der Waals surface area contributed by atoms with Gasteiger partial charge in [0.25, 0.3) is 0 Å². The maximum atomic E-state index is 5.22. The van der Waals surface area contributed by atoms with Crippen LogP contribution in [0.3, 0.4) is 0 Å². The molecule has 0 N–H and O–H groups in total. The zero-order valence-corrected chi connectivity index (χ0v) is 7.65. The molecule has 0 atom stereocenters. The highest BCUT2D eigenvalue weighted by atomic mass is 79.9. The van der Waals surface area contributed by atoms with Gasteiger partial charge in [-0.1, -0.05) is 29.3 Å². The Labute approximate surface area is 69.6 Å². The van der Waals surface area contributed by atoms with Gasteiger partial charge in [-0.2, -0.15) is 0 Å². The van der Waals surface area contributed by atoms with Gasteiger partial charge >= 0.3 is 0 Å².